The molecule has 0 saturated heterocycles. The fourth-order valence-electron chi connectivity index (χ4n) is 1.45. The van der Waals surface area contributed by atoms with Crippen molar-refractivity contribution in [2.24, 2.45) is 0 Å². The van der Waals surface area contributed by atoms with Gasteiger partial charge < -0.3 is 20.5 Å². The second-order valence-electron chi connectivity index (χ2n) is 4.01. The number of benzene rings is 1. The van der Waals surface area contributed by atoms with Crippen molar-refractivity contribution in [3.8, 4) is 5.75 Å². The van der Waals surface area contributed by atoms with Crippen LogP contribution in [0.3, 0.4) is 0 Å². The maximum Gasteiger partial charge on any atom is 0.320 e. The highest BCUT2D eigenvalue weighted by Gasteiger charge is 2.11. The van der Waals surface area contributed by atoms with E-state index in [4.69, 9.17) is 9.84 Å². The number of hydrogen-bond donors (Lipinski definition) is 3. The number of carboxylic acid groups (broad SMARTS) is 1. The maximum absolute atomic E-state index is 11.7. The number of nitrogens with one attached hydrogen (secondary N) is 2. The topological polar surface area (TPSA) is 87.7 Å². The van der Waals surface area contributed by atoms with Crippen molar-refractivity contribution in [2.75, 3.05) is 19.0 Å². The molecule has 1 unspecified atom stereocenters. The zero-order chi connectivity index (χ0) is 14.3. The Morgan fingerprint density at radius 2 is 2.05 bits per heavy atom. The first-order valence-electron chi connectivity index (χ1n) is 5.93. The van der Waals surface area contributed by atoms with Gasteiger partial charge >= 0.3 is 5.97 Å². The molecule has 6 nitrogen and oxygen atoms in total. The van der Waals surface area contributed by atoms with Gasteiger partial charge in [-0.25, -0.2) is 0 Å². The monoisotopic (exact) mass is 266 g/mol. The third-order valence-electron chi connectivity index (χ3n) is 2.55. The maximum atomic E-state index is 11.7. The molecule has 1 atom stereocenters. The number of carboxylic acids is 1. The van der Waals surface area contributed by atoms with E-state index in [2.05, 4.69) is 10.6 Å². The summed E-state index contributed by atoms with van der Waals surface area (Å²) >= 11 is 0. The van der Waals surface area contributed by atoms with Gasteiger partial charge in [-0.2, -0.15) is 0 Å². The molecule has 0 radical (unpaired) electrons. The first-order chi connectivity index (χ1) is 9.04. The lowest BCUT2D eigenvalue weighted by atomic mass is 10.2. The highest BCUT2D eigenvalue weighted by Crippen LogP contribution is 2.22. The Labute approximate surface area is 111 Å². The largest absolute Gasteiger partial charge is 0.495 e. The molecule has 0 heterocycles. The van der Waals surface area contributed by atoms with Crippen LogP contribution in [-0.4, -0.2) is 36.7 Å². The minimum absolute atomic E-state index is 0.190. The quantitative estimate of drug-likeness (QED) is 0.687. The van der Waals surface area contributed by atoms with E-state index < -0.39 is 12.0 Å². The minimum atomic E-state index is -0.940. The Balaban J connectivity index is 2.41. The lowest BCUT2D eigenvalue weighted by molar-refractivity contribution is -0.139. The van der Waals surface area contributed by atoms with Crippen LogP contribution >= 0.6 is 0 Å². The summed E-state index contributed by atoms with van der Waals surface area (Å²) in [6.45, 7) is 1.83. The summed E-state index contributed by atoms with van der Waals surface area (Å²) < 4.78 is 5.11. The molecule has 0 fully saturated rings. The summed E-state index contributed by atoms with van der Waals surface area (Å²) in [7, 11) is 1.53. The van der Waals surface area contributed by atoms with Crippen molar-refractivity contribution in [3.63, 3.8) is 0 Å². The van der Waals surface area contributed by atoms with Gasteiger partial charge in [0.05, 0.1) is 12.8 Å². The van der Waals surface area contributed by atoms with Crippen LogP contribution in [0.1, 0.15) is 13.3 Å². The molecule has 6 heteroatoms. The molecule has 19 heavy (non-hydrogen) atoms. The number of amides is 1. The number of anilines is 1. The molecule has 0 aromatic heterocycles. The lowest BCUT2D eigenvalue weighted by Crippen LogP contribution is -2.35. The predicted molar refractivity (Wildman–Crippen MR) is 71.3 cm³/mol. The van der Waals surface area contributed by atoms with E-state index in [1.54, 1.807) is 18.2 Å². The second-order valence-corrected chi connectivity index (χ2v) is 4.01. The molecule has 1 amide bonds. The van der Waals surface area contributed by atoms with Gasteiger partial charge in [0.15, 0.2) is 0 Å². The highest BCUT2D eigenvalue weighted by molar-refractivity contribution is 5.92. The van der Waals surface area contributed by atoms with E-state index in [9.17, 15) is 9.59 Å². The van der Waals surface area contributed by atoms with Crippen LogP contribution in [0.25, 0.3) is 0 Å². The second kappa shape index (κ2) is 7.38. The molecular weight excluding hydrogens is 248 g/mol. The van der Waals surface area contributed by atoms with Crippen molar-refractivity contribution < 1.29 is 19.4 Å². The van der Waals surface area contributed by atoms with Gasteiger partial charge in [0, 0.05) is 13.0 Å². The highest BCUT2D eigenvalue weighted by atomic mass is 16.5. The molecule has 0 aliphatic rings. The van der Waals surface area contributed by atoms with Crippen molar-refractivity contribution in [2.45, 2.75) is 19.4 Å². The number of aliphatic carboxylic acids is 1. The number of rotatable bonds is 7. The molecule has 0 bridgehead atoms. The summed E-state index contributed by atoms with van der Waals surface area (Å²) in [6.07, 6.45) is 0.190. The van der Waals surface area contributed by atoms with E-state index in [-0.39, 0.29) is 12.3 Å². The molecule has 0 aliphatic heterocycles. The summed E-state index contributed by atoms with van der Waals surface area (Å²) in [5.41, 5.74) is 0.598. The van der Waals surface area contributed by atoms with E-state index in [0.29, 0.717) is 18.0 Å². The normalized spacial score (nSPS) is 11.7. The summed E-state index contributed by atoms with van der Waals surface area (Å²) in [5, 5.41) is 14.1. The first-order valence-corrected chi connectivity index (χ1v) is 5.93. The SMILES string of the molecule is COc1ccccc1NC(=O)CCNC(C)C(=O)O. The van der Waals surface area contributed by atoms with Crippen LogP contribution in [0.2, 0.25) is 0 Å². The van der Waals surface area contributed by atoms with E-state index in [1.807, 2.05) is 6.07 Å². The Hall–Kier alpha value is -2.08. The van der Waals surface area contributed by atoms with E-state index in [1.165, 1.54) is 14.0 Å². The van der Waals surface area contributed by atoms with Crippen LogP contribution in [0.15, 0.2) is 24.3 Å². The average molecular weight is 266 g/mol. The third kappa shape index (κ3) is 4.97. The van der Waals surface area contributed by atoms with Gasteiger partial charge in [0.2, 0.25) is 5.91 Å². The summed E-state index contributed by atoms with van der Waals surface area (Å²) in [5.74, 6) is -0.553. The number of hydrogen-bond acceptors (Lipinski definition) is 4. The van der Waals surface area contributed by atoms with Crippen LogP contribution in [0, 0.1) is 0 Å². The molecule has 3 N–H and O–H groups in total. The average Bonchev–Trinajstić information content (AvgIpc) is 2.39. The first kappa shape index (κ1) is 15.0. The van der Waals surface area contributed by atoms with Crippen LogP contribution < -0.4 is 15.4 Å². The van der Waals surface area contributed by atoms with Crippen LogP contribution in [0.4, 0.5) is 5.69 Å². The summed E-state index contributed by atoms with van der Waals surface area (Å²) in [4.78, 5) is 22.2. The molecule has 0 saturated carbocycles. The number of carbonyl (C=O) groups is 2. The van der Waals surface area contributed by atoms with Crippen molar-refractivity contribution in [1.29, 1.82) is 0 Å². The fraction of sp³-hybridized carbons (Fsp3) is 0.385. The van der Waals surface area contributed by atoms with Gasteiger partial charge in [0.25, 0.3) is 0 Å². The van der Waals surface area contributed by atoms with Crippen LogP contribution in [0.5, 0.6) is 5.75 Å². The minimum Gasteiger partial charge on any atom is -0.495 e. The smallest absolute Gasteiger partial charge is 0.320 e. The molecular formula is C13H18N2O4. The molecule has 1 rings (SSSR count). The van der Waals surface area contributed by atoms with E-state index in [0.717, 1.165) is 0 Å². The standard InChI is InChI=1S/C13H18N2O4/c1-9(13(17)18)14-8-7-12(16)15-10-5-3-4-6-11(10)19-2/h3-6,9,14H,7-8H2,1-2H3,(H,15,16)(H,17,18). The van der Waals surface area contributed by atoms with Crippen molar-refractivity contribution in [3.05, 3.63) is 24.3 Å². The van der Waals surface area contributed by atoms with Gasteiger partial charge in [0.1, 0.15) is 11.8 Å². The summed E-state index contributed by atoms with van der Waals surface area (Å²) in [6, 6.07) is 6.43. The van der Waals surface area contributed by atoms with Gasteiger partial charge in [-0.1, -0.05) is 12.1 Å². The Morgan fingerprint density at radius 3 is 2.68 bits per heavy atom. The predicted octanol–water partition coefficient (Wildman–Crippen LogP) is 1.09. The zero-order valence-electron chi connectivity index (χ0n) is 11.0. The van der Waals surface area contributed by atoms with Crippen molar-refractivity contribution >= 4 is 17.6 Å². The molecule has 1 aromatic rings. The fourth-order valence-corrected chi connectivity index (χ4v) is 1.45. The van der Waals surface area contributed by atoms with Gasteiger partial charge in [-0.15, -0.1) is 0 Å². The lowest BCUT2D eigenvalue weighted by Gasteiger charge is -2.11. The number of methoxy groups -OCH3 is 1. The molecule has 1 aromatic carbocycles. The molecule has 0 aliphatic carbocycles. The Kier molecular flexibility index (Phi) is 5.81. The zero-order valence-corrected chi connectivity index (χ0v) is 11.0. The van der Waals surface area contributed by atoms with Gasteiger partial charge in [-0.05, 0) is 19.1 Å². The third-order valence-corrected chi connectivity index (χ3v) is 2.55. The van der Waals surface area contributed by atoms with Gasteiger partial charge in [-0.3, -0.25) is 9.59 Å². The molecule has 104 valence electrons. The number of para-hydroxylation sites is 2. The van der Waals surface area contributed by atoms with Crippen molar-refractivity contribution in [1.82, 2.24) is 5.32 Å². The number of carbonyl (C=O) groups excluding carboxylic acids is 1. The van der Waals surface area contributed by atoms with Crippen LogP contribution in [-0.2, 0) is 9.59 Å². The Bertz CT molecular complexity index is 448. The molecule has 0 spiro atoms. The Morgan fingerprint density at radius 1 is 1.37 bits per heavy atom. The van der Waals surface area contributed by atoms with E-state index >= 15 is 0 Å². The number of ether oxygens (including phenoxy) is 1.